The van der Waals surface area contributed by atoms with Gasteiger partial charge in [-0.1, -0.05) is 35.9 Å². The van der Waals surface area contributed by atoms with E-state index in [2.05, 4.69) is 10.0 Å². The molecule has 0 aliphatic rings. The average molecular weight is 325 g/mol. The van der Waals surface area contributed by atoms with Crippen molar-refractivity contribution in [2.24, 2.45) is 0 Å². The Hall–Kier alpha value is -1.56. The molecule has 6 heteroatoms. The van der Waals surface area contributed by atoms with Crippen LogP contribution < -0.4 is 10.0 Å². The maximum Gasteiger partial charge on any atom is 0.263 e. The van der Waals surface area contributed by atoms with Crippen LogP contribution in [0.1, 0.15) is 11.1 Å². The van der Waals surface area contributed by atoms with Crippen LogP contribution in [0.4, 0.5) is 5.69 Å². The number of anilines is 1. The summed E-state index contributed by atoms with van der Waals surface area (Å²) < 4.78 is 27.6. The molecule has 0 fully saturated rings. The highest BCUT2D eigenvalue weighted by Crippen LogP contribution is 2.26. The second-order valence-electron chi connectivity index (χ2n) is 4.72. The third kappa shape index (κ3) is 3.75. The Morgan fingerprint density at radius 1 is 1.14 bits per heavy atom. The fourth-order valence-corrected chi connectivity index (χ4v) is 3.64. The molecule has 4 nitrogen and oxygen atoms in total. The molecule has 0 unspecified atom stereocenters. The Morgan fingerprint density at radius 2 is 1.86 bits per heavy atom. The summed E-state index contributed by atoms with van der Waals surface area (Å²) in [5, 5.41) is 3.19. The molecule has 0 amide bonds. The number of rotatable bonds is 5. The number of nitrogens with one attached hydrogen (secondary N) is 2. The van der Waals surface area contributed by atoms with Gasteiger partial charge in [0.05, 0.1) is 10.7 Å². The summed E-state index contributed by atoms with van der Waals surface area (Å²) in [6.07, 6.45) is 0. The highest BCUT2D eigenvalue weighted by molar-refractivity contribution is 7.92. The van der Waals surface area contributed by atoms with E-state index in [9.17, 15) is 8.42 Å². The first-order valence-electron chi connectivity index (χ1n) is 6.45. The quantitative estimate of drug-likeness (QED) is 0.888. The Kier molecular flexibility index (Phi) is 4.88. The van der Waals surface area contributed by atoms with Crippen LogP contribution in [0.15, 0.2) is 47.4 Å². The monoisotopic (exact) mass is 324 g/mol. The maximum atomic E-state index is 12.5. The first kappa shape index (κ1) is 15.8. The second-order valence-corrected chi connectivity index (χ2v) is 6.77. The van der Waals surface area contributed by atoms with Gasteiger partial charge in [-0.15, -0.1) is 0 Å². The largest absolute Gasteiger partial charge is 0.316 e. The summed E-state index contributed by atoms with van der Waals surface area (Å²) >= 11 is 6.05. The average Bonchev–Trinajstić information content (AvgIpc) is 2.43. The smallest absolute Gasteiger partial charge is 0.263 e. The molecule has 0 aliphatic carbocycles. The van der Waals surface area contributed by atoms with Crippen LogP contribution in [0.2, 0.25) is 5.02 Å². The Balaban J connectivity index is 2.40. The van der Waals surface area contributed by atoms with Crippen LogP contribution >= 0.6 is 11.6 Å². The number of sulfonamides is 1. The minimum atomic E-state index is -3.72. The van der Waals surface area contributed by atoms with E-state index in [0.717, 1.165) is 11.1 Å². The molecule has 0 atom stereocenters. The van der Waals surface area contributed by atoms with Gasteiger partial charge in [0.25, 0.3) is 10.0 Å². The zero-order valence-electron chi connectivity index (χ0n) is 11.9. The molecule has 0 bridgehead atoms. The van der Waals surface area contributed by atoms with Crippen molar-refractivity contribution in [2.45, 2.75) is 18.4 Å². The standard InChI is InChI=1S/C15H17ClN2O2S/c1-11-5-3-4-6-14(11)18-21(19,20)15-9-12(10-17-2)7-8-13(15)16/h3-9,17-18H,10H2,1-2H3. The first-order chi connectivity index (χ1) is 9.94. The molecule has 0 spiro atoms. The van der Waals surface area contributed by atoms with Crippen molar-refractivity contribution in [3.05, 3.63) is 58.6 Å². The van der Waals surface area contributed by atoms with Gasteiger partial charge in [0.1, 0.15) is 4.90 Å². The minimum absolute atomic E-state index is 0.0835. The Bertz CT molecular complexity index is 745. The predicted molar refractivity (Wildman–Crippen MR) is 86.2 cm³/mol. The fraction of sp³-hybridized carbons (Fsp3) is 0.200. The molecule has 2 aromatic rings. The van der Waals surface area contributed by atoms with Gasteiger partial charge in [-0.25, -0.2) is 8.42 Å². The van der Waals surface area contributed by atoms with Crippen molar-refractivity contribution in [3.63, 3.8) is 0 Å². The molecule has 0 saturated carbocycles. The van der Waals surface area contributed by atoms with Crippen LogP contribution in [0.25, 0.3) is 0 Å². The first-order valence-corrected chi connectivity index (χ1v) is 8.31. The summed E-state index contributed by atoms with van der Waals surface area (Å²) in [4.78, 5) is 0.0835. The van der Waals surface area contributed by atoms with Crippen molar-refractivity contribution in [1.29, 1.82) is 0 Å². The number of halogens is 1. The highest BCUT2D eigenvalue weighted by atomic mass is 35.5. The van der Waals surface area contributed by atoms with Crippen LogP contribution in [0, 0.1) is 6.92 Å². The molecule has 0 aliphatic heterocycles. The Labute approximate surface area is 130 Å². The lowest BCUT2D eigenvalue weighted by Gasteiger charge is -2.12. The van der Waals surface area contributed by atoms with Crippen LogP contribution in [0.3, 0.4) is 0 Å². The summed E-state index contributed by atoms with van der Waals surface area (Å²) in [5.74, 6) is 0. The zero-order chi connectivity index (χ0) is 15.5. The van der Waals surface area contributed by atoms with Gasteiger partial charge in [0.15, 0.2) is 0 Å². The lowest BCUT2D eigenvalue weighted by Crippen LogP contribution is -2.15. The fourth-order valence-electron chi connectivity index (χ4n) is 1.95. The summed E-state index contributed by atoms with van der Waals surface area (Å²) in [6, 6.07) is 12.2. The Morgan fingerprint density at radius 3 is 2.52 bits per heavy atom. The van der Waals surface area contributed by atoms with E-state index >= 15 is 0 Å². The van der Waals surface area contributed by atoms with E-state index in [1.807, 2.05) is 19.1 Å². The molecular weight excluding hydrogens is 308 g/mol. The number of para-hydroxylation sites is 1. The second kappa shape index (κ2) is 6.47. The van der Waals surface area contributed by atoms with E-state index < -0.39 is 10.0 Å². The van der Waals surface area contributed by atoms with Gasteiger partial charge >= 0.3 is 0 Å². The lowest BCUT2D eigenvalue weighted by molar-refractivity contribution is 0.601. The number of hydrogen-bond donors (Lipinski definition) is 2. The molecule has 0 radical (unpaired) electrons. The number of benzene rings is 2. The van der Waals surface area contributed by atoms with E-state index in [4.69, 9.17) is 11.6 Å². The van der Waals surface area contributed by atoms with Crippen molar-refractivity contribution in [1.82, 2.24) is 5.32 Å². The van der Waals surface area contributed by atoms with Gasteiger partial charge in [-0.3, -0.25) is 4.72 Å². The number of aryl methyl sites for hydroxylation is 1. The lowest BCUT2D eigenvalue weighted by atomic mass is 10.2. The molecule has 0 heterocycles. The van der Waals surface area contributed by atoms with E-state index in [-0.39, 0.29) is 9.92 Å². The van der Waals surface area contributed by atoms with Crippen LogP contribution in [-0.4, -0.2) is 15.5 Å². The summed E-state index contributed by atoms with van der Waals surface area (Å²) in [5.41, 5.74) is 2.25. The number of hydrogen-bond acceptors (Lipinski definition) is 3. The third-order valence-corrected chi connectivity index (χ3v) is 4.90. The van der Waals surface area contributed by atoms with Crippen molar-refractivity contribution in [3.8, 4) is 0 Å². The molecule has 21 heavy (non-hydrogen) atoms. The van der Waals surface area contributed by atoms with Gasteiger partial charge in [0.2, 0.25) is 0 Å². The normalized spacial score (nSPS) is 11.4. The minimum Gasteiger partial charge on any atom is -0.316 e. The maximum absolute atomic E-state index is 12.5. The van der Waals surface area contributed by atoms with E-state index in [1.54, 1.807) is 37.4 Å². The molecular formula is C15H17ClN2O2S. The van der Waals surface area contributed by atoms with Gasteiger partial charge < -0.3 is 5.32 Å². The van der Waals surface area contributed by atoms with Crippen molar-refractivity contribution >= 4 is 27.3 Å². The van der Waals surface area contributed by atoms with E-state index in [1.165, 1.54) is 0 Å². The van der Waals surface area contributed by atoms with Crippen LogP contribution in [-0.2, 0) is 16.6 Å². The van der Waals surface area contributed by atoms with Crippen molar-refractivity contribution < 1.29 is 8.42 Å². The SMILES string of the molecule is CNCc1ccc(Cl)c(S(=O)(=O)Nc2ccccc2C)c1. The topological polar surface area (TPSA) is 58.2 Å². The zero-order valence-corrected chi connectivity index (χ0v) is 13.4. The molecule has 112 valence electrons. The summed E-state index contributed by atoms with van der Waals surface area (Å²) in [6.45, 7) is 2.42. The van der Waals surface area contributed by atoms with Crippen molar-refractivity contribution in [2.75, 3.05) is 11.8 Å². The molecule has 0 saturated heterocycles. The van der Waals surface area contributed by atoms with Gasteiger partial charge in [-0.2, -0.15) is 0 Å². The molecule has 2 rings (SSSR count). The molecule has 0 aromatic heterocycles. The predicted octanol–water partition coefficient (Wildman–Crippen LogP) is 3.17. The summed E-state index contributed by atoms with van der Waals surface area (Å²) in [7, 11) is -1.92. The van der Waals surface area contributed by atoms with E-state index in [0.29, 0.717) is 12.2 Å². The third-order valence-electron chi connectivity index (χ3n) is 3.06. The van der Waals surface area contributed by atoms with Gasteiger partial charge in [0, 0.05) is 6.54 Å². The molecule has 2 N–H and O–H groups in total. The van der Waals surface area contributed by atoms with Gasteiger partial charge in [-0.05, 0) is 43.3 Å². The molecule has 2 aromatic carbocycles. The van der Waals surface area contributed by atoms with Crippen LogP contribution in [0.5, 0.6) is 0 Å². The highest BCUT2D eigenvalue weighted by Gasteiger charge is 2.19.